The summed E-state index contributed by atoms with van der Waals surface area (Å²) in [7, 11) is 0. The van der Waals surface area contributed by atoms with E-state index in [1.807, 2.05) is 0 Å². The monoisotopic (exact) mass is 364 g/mol. The number of aromatic nitrogens is 1. The maximum absolute atomic E-state index is 13.0. The predicted octanol–water partition coefficient (Wildman–Crippen LogP) is 4.03. The number of hydrazine groups is 1. The summed E-state index contributed by atoms with van der Waals surface area (Å²) in [5.74, 6) is 4.40. The highest BCUT2D eigenvalue weighted by molar-refractivity contribution is 9.10. The van der Waals surface area contributed by atoms with Crippen LogP contribution in [0.1, 0.15) is 5.56 Å². The van der Waals surface area contributed by atoms with Gasteiger partial charge in [-0.15, -0.1) is 0 Å². The molecule has 2 rings (SSSR count). The molecule has 4 nitrogen and oxygen atoms in total. The summed E-state index contributed by atoms with van der Waals surface area (Å²) in [5.41, 5.74) is 1.52. The van der Waals surface area contributed by atoms with Gasteiger partial charge in [0.05, 0.1) is 11.3 Å². The molecule has 4 N–H and O–H groups in total. The molecule has 112 valence electrons. The molecule has 21 heavy (non-hydrogen) atoms. The number of nitrogens with one attached hydrogen (secondary N) is 2. The van der Waals surface area contributed by atoms with Gasteiger partial charge in [0.15, 0.2) is 0 Å². The number of hydrogen-bond donors (Lipinski definition) is 3. The largest absolute Gasteiger partial charge is 0.416 e. The fourth-order valence-corrected chi connectivity index (χ4v) is 2.01. The molecule has 1 aromatic carbocycles. The van der Waals surface area contributed by atoms with Gasteiger partial charge in [0.2, 0.25) is 0 Å². The van der Waals surface area contributed by atoms with E-state index in [2.05, 4.69) is 31.7 Å². The molecule has 0 bridgehead atoms. The third-order valence-corrected chi connectivity index (χ3v) is 3.15. The maximum Gasteiger partial charge on any atom is 0.416 e. The van der Waals surface area contributed by atoms with Gasteiger partial charge in [-0.05, 0) is 46.3 Å². The summed E-state index contributed by atoms with van der Waals surface area (Å²) in [6, 6.07) is 5.33. The third-order valence-electron chi connectivity index (χ3n) is 2.49. The van der Waals surface area contributed by atoms with Crippen molar-refractivity contribution < 1.29 is 17.6 Å². The number of rotatable bonds is 3. The van der Waals surface area contributed by atoms with E-state index in [1.54, 1.807) is 0 Å². The lowest BCUT2D eigenvalue weighted by atomic mass is 10.2. The summed E-state index contributed by atoms with van der Waals surface area (Å²) >= 11 is 3.11. The fraction of sp³-hybridized carbons (Fsp3) is 0.0833. The molecule has 1 heterocycles. The second-order valence-electron chi connectivity index (χ2n) is 4.02. The topological polar surface area (TPSA) is 63.0 Å². The Bertz CT molecular complexity index is 660. The lowest BCUT2D eigenvalue weighted by Gasteiger charge is -2.13. The maximum atomic E-state index is 13.0. The predicted molar refractivity (Wildman–Crippen MR) is 74.4 cm³/mol. The second-order valence-corrected chi connectivity index (χ2v) is 4.87. The Balaban J connectivity index is 2.39. The molecular weight excluding hydrogens is 356 g/mol. The number of benzene rings is 1. The zero-order chi connectivity index (χ0) is 15.6. The molecule has 0 amide bonds. The van der Waals surface area contributed by atoms with Crippen molar-refractivity contribution in [2.45, 2.75) is 6.18 Å². The van der Waals surface area contributed by atoms with Crippen LogP contribution in [0.4, 0.5) is 34.9 Å². The van der Waals surface area contributed by atoms with Gasteiger partial charge < -0.3 is 10.7 Å². The van der Waals surface area contributed by atoms with Crippen LogP contribution in [0.3, 0.4) is 0 Å². The van der Waals surface area contributed by atoms with Crippen molar-refractivity contribution in [3.05, 3.63) is 46.2 Å². The van der Waals surface area contributed by atoms with Crippen molar-refractivity contribution in [3.63, 3.8) is 0 Å². The first-order valence-corrected chi connectivity index (χ1v) is 6.37. The van der Waals surface area contributed by atoms with Crippen molar-refractivity contribution in [2.24, 2.45) is 5.84 Å². The molecule has 0 aliphatic rings. The average Bonchev–Trinajstić information content (AvgIpc) is 2.40. The van der Waals surface area contributed by atoms with Gasteiger partial charge >= 0.3 is 6.18 Å². The first kappa shape index (κ1) is 15.5. The standard InChI is InChI=1S/C12H9BrF4N4/c13-8-5-7(14)1-2-9(8)19-10-3-6(12(15,16)17)4-11(20-10)21-18/h1-5H,18H2,(H2,19,20,21). The van der Waals surface area contributed by atoms with Gasteiger partial charge in [0.1, 0.15) is 17.5 Å². The Kier molecular flexibility index (Phi) is 4.33. The number of nitrogen functional groups attached to an aromatic ring is 1. The van der Waals surface area contributed by atoms with E-state index < -0.39 is 17.6 Å². The van der Waals surface area contributed by atoms with Gasteiger partial charge in [-0.2, -0.15) is 13.2 Å². The minimum absolute atomic E-state index is 0.0786. The van der Waals surface area contributed by atoms with E-state index >= 15 is 0 Å². The summed E-state index contributed by atoms with van der Waals surface area (Å²) in [4.78, 5) is 3.86. The van der Waals surface area contributed by atoms with Crippen molar-refractivity contribution in [1.82, 2.24) is 4.98 Å². The number of hydrogen-bond acceptors (Lipinski definition) is 4. The van der Waals surface area contributed by atoms with Crippen LogP contribution in [0.5, 0.6) is 0 Å². The molecule has 0 spiro atoms. The van der Waals surface area contributed by atoms with Crippen LogP contribution in [-0.2, 0) is 6.18 Å². The van der Waals surface area contributed by atoms with Crippen molar-refractivity contribution in [3.8, 4) is 0 Å². The Labute approximate surface area is 125 Å². The highest BCUT2D eigenvalue weighted by Crippen LogP contribution is 2.33. The van der Waals surface area contributed by atoms with Crippen molar-refractivity contribution >= 4 is 33.3 Å². The van der Waals surface area contributed by atoms with E-state index in [0.717, 1.165) is 12.1 Å². The zero-order valence-corrected chi connectivity index (χ0v) is 11.9. The number of nitrogens with two attached hydrogens (primary N) is 1. The molecule has 0 unspecified atom stereocenters. The quantitative estimate of drug-likeness (QED) is 0.437. The lowest BCUT2D eigenvalue weighted by Crippen LogP contribution is -2.13. The number of halogens is 5. The van der Waals surface area contributed by atoms with E-state index in [9.17, 15) is 17.6 Å². The van der Waals surface area contributed by atoms with Gasteiger partial charge in [0.25, 0.3) is 0 Å². The second kappa shape index (κ2) is 5.86. The van der Waals surface area contributed by atoms with Crippen LogP contribution in [0.15, 0.2) is 34.8 Å². The minimum Gasteiger partial charge on any atom is -0.339 e. The molecule has 0 aliphatic heterocycles. The number of alkyl halides is 3. The van der Waals surface area contributed by atoms with E-state index in [-0.39, 0.29) is 11.6 Å². The van der Waals surface area contributed by atoms with E-state index in [1.165, 1.54) is 18.2 Å². The SMILES string of the molecule is NNc1cc(C(F)(F)F)cc(Nc2ccc(F)cc2Br)n1. The third kappa shape index (κ3) is 3.82. The summed E-state index contributed by atoms with van der Waals surface area (Å²) in [5, 5.41) is 2.67. The molecule has 2 aromatic rings. The van der Waals surface area contributed by atoms with Gasteiger partial charge in [-0.3, -0.25) is 0 Å². The molecule has 0 saturated carbocycles. The summed E-state index contributed by atoms with van der Waals surface area (Å²) in [6.45, 7) is 0. The molecular formula is C12H9BrF4N4. The van der Waals surface area contributed by atoms with Gasteiger partial charge in [-0.1, -0.05) is 0 Å². The minimum atomic E-state index is -4.54. The van der Waals surface area contributed by atoms with Crippen LogP contribution in [0.25, 0.3) is 0 Å². The van der Waals surface area contributed by atoms with E-state index in [0.29, 0.717) is 10.2 Å². The van der Waals surface area contributed by atoms with Gasteiger partial charge in [-0.25, -0.2) is 15.2 Å². The summed E-state index contributed by atoms with van der Waals surface area (Å²) in [6.07, 6.45) is -4.54. The van der Waals surface area contributed by atoms with Crippen LogP contribution >= 0.6 is 15.9 Å². The Morgan fingerprint density at radius 2 is 1.76 bits per heavy atom. The Morgan fingerprint density at radius 1 is 1.10 bits per heavy atom. The van der Waals surface area contributed by atoms with Crippen LogP contribution < -0.4 is 16.6 Å². The molecule has 0 fully saturated rings. The zero-order valence-electron chi connectivity index (χ0n) is 10.3. The molecule has 0 aliphatic carbocycles. The summed E-state index contributed by atoms with van der Waals surface area (Å²) < 4.78 is 51.6. The lowest BCUT2D eigenvalue weighted by molar-refractivity contribution is -0.137. The molecule has 9 heteroatoms. The molecule has 1 aromatic heterocycles. The normalized spacial score (nSPS) is 11.3. The Morgan fingerprint density at radius 3 is 2.33 bits per heavy atom. The smallest absolute Gasteiger partial charge is 0.339 e. The highest BCUT2D eigenvalue weighted by atomic mass is 79.9. The first-order chi connectivity index (χ1) is 9.79. The van der Waals surface area contributed by atoms with Crippen molar-refractivity contribution in [2.75, 3.05) is 10.7 Å². The van der Waals surface area contributed by atoms with Gasteiger partial charge in [0, 0.05) is 4.47 Å². The molecule has 0 radical (unpaired) electrons. The average molecular weight is 365 g/mol. The van der Waals surface area contributed by atoms with E-state index in [4.69, 9.17) is 5.84 Å². The van der Waals surface area contributed by atoms with Crippen LogP contribution in [-0.4, -0.2) is 4.98 Å². The Hall–Kier alpha value is -1.87. The fourth-order valence-electron chi connectivity index (χ4n) is 1.56. The number of pyridine rings is 1. The molecule has 0 saturated heterocycles. The number of nitrogens with zero attached hydrogens (tertiary/aromatic N) is 1. The van der Waals surface area contributed by atoms with Crippen LogP contribution in [0.2, 0.25) is 0 Å². The molecule has 0 atom stereocenters. The first-order valence-electron chi connectivity index (χ1n) is 5.57. The van der Waals surface area contributed by atoms with Crippen LogP contribution in [0, 0.1) is 5.82 Å². The highest BCUT2D eigenvalue weighted by Gasteiger charge is 2.31. The van der Waals surface area contributed by atoms with Crippen molar-refractivity contribution in [1.29, 1.82) is 0 Å². The number of anilines is 3.